The molecule has 0 atom stereocenters. The highest BCUT2D eigenvalue weighted by Crippen LogP contribution is 2.40. The minimum Gasteiger partial charge on any atom is -0.309 e. The van der Waals surface area contributed by atoms with E-state index in [2.05, 4.69) is 187 Å². The zero-order chi connectivity index (χ0) is 49.0. The number of pyridine rings is 6. The summed E-state index contributed by atoms with van der Waals surface area (Å²) in [7, 11) is 0. The Balaban J connectivity index is 0.852. The molecule has 0 aliphatic rings. The molecule has 0 amide bonds. The fraction of sp³-hybridized carbons (Fsp3) is 0. The Morgan fingerprint density at radius 3 is 0.878 bits per heavy atom. The first-order chi connectivity index (χ1) is 36.7. The number of aromatic nitrogens is 8. The number of hydrogen-bond donors (Lipinski definition) is 0. The number of benzene rings is 6. The van der Waals surface area contributed by atoms with E-state index in [1.165, 1.54) is 21.5 Å². The van der Waals surface area contributed by atoms with Crippen molar-refractivity contribution in [2.75, 3.05) is 0 Å². The Bertz CT molecular complexity index is 3980. The van der Waals surface area contributed by atoms with Crippen molar-refractivity contribution >= 4 is 43.6 Å². The Kier molecular flexibility index (Phi) is 10.3. The van der Waals surface area contributed by atoms with Gasteiger partial charge >= 0.3 is 0 Å². The molecule has 0 aliphatic carbocycles. The van der Waals surface area contributed by atoms with Crippen LogP contribution in [0.3, 0.4) is 0 Å². The van der Waals surface area contributed by atoms with Crippen LogP contribution in [-0.4, -0.2) is 39.0 Å². The van der Waals surface area contributed by atoms with Crippen LogP contribution in [0.2, 0.25) is 0 Å². The first kappa shape index (κ1) is 42.7. The topological polar surface area (TPSA) is 87.2 Å². The Hall–Kier alpha value is -10.2. The fourth-order valence-electron chi connectivity index (χ4n) is 10.5. The maximum absolute atomic E-state index is 5.18. The molecule has 0 aliphatic heterocycles. The molecule has 0 radical (unpaired) electrons. The van der Waals surface area contributed by atoms with Gasteiger partial charge in [-0.05, 0) is 155 Å². The van der Waals surface area contributed by atoms with Crippen molar-refractivity contribution in [3.05, 3.63) is 256 Å². The average Bonchev–Trinajstić information content (AvgIpc) is 4.00. The van der Waals surface area contributed by atoms with Gasteiger partial charge in [0.2, 0.25) is 0 Å². The lowest BCUT2D eigenvalue weighted by Crippen LogP contribution is -1.96. The van der Waals surface area contributed by atoms with Gasteiger partial charge in [0.15, 0.2) is 0 Å². The monoisotopic (exact) mass is 946 g/mol. The minimum absolute atomic E-state index is 0.889. The van der Waals surface area contributed by atoms with E-state index < -0.39 is 0 Å². The lowest BCUT2D eigenvalue weighted by Gasteiger charge is -2.13. The second-order valence-electron chi connectivity index (χ2n) is 18.5. The Morgan fingerprint density at radius 2 is 0.514 bits per heavy atom. The zero-order valence-corrected chi connectivity index (χ0v) is 39.8. The first-order valence-corrected chi connectivity index (χ1v) is 24.6. The fourth-order valence-corrected chi connectivity index (χ4v) is 10.5. The van der Waals surface area contributed by atoms with E-state index in [9.17, 15) is 0 Å². The van der Waals surface area contributed by atoms with E-state index in [0.717, 1.165) is 112 Å². The van der Waals surface area contributed by atoms with Gasteiger partial charge in [0.1, 0.15) is 0 Å². The minimum atomic E-state index is 0.889. The van der Waals surface area contributed by atoms with Crippen molar-refractivity contribution < 1.29 is 0 Å². The van der Waals surface area contributed by atoms with Gasteiger partial charge in [0, 0.05) is 105 Å². The lowest BCUT2D eigenvalue weighted by molar-refractivity contribution is 1.18. The quantitative estimate of drug-likeness (QED) is 0.143. The van der Waals surface area contributed by atoms with E-state index in [4.69, 9.17) is 9.97 Å². The Morgan fingerprint density at radius 1 is 0.216 bits per heavy atom. The third-order valence-corrected chi connectivity index (χ3v) is 14.2. The summed E-state index contributed by atoms with van der Waals surface area (Å²) in [5.74, 6) is 0. The molecule has 0 bridgehead atoms. The molecule has 0 spiro atoms. The highest BCUT2D eigenvalue weighted by atomic mass is 15.0. The smallest absolute Gasteiger partial charge is 0.0716 e. The highest BCUT2D eigenvalue weighted by Gasteiger charge is 2.18. The van der Waals surface area contributed by atoms with E-state index >= 15 is 0 Å². The van der Waals surface area contributed by atoms with E-state index in [0.29, 0.717) is 0 Å². The molecule has 14 rings (SSSR count). The summed E-state index contributed by atoms with van der Waals surface area (Å²) in [5.41, 5.74) is 21.0. The number of para-hydroxylation sites is 2. The third-order valence-electron chi connectivity index (χ3n) is 14.2. The van der Waals surface area contributed by atoms with Gasteiger partial charge in [0.05, 0.1) is 44.8 Å². The molecular weight excluding hydrogens is 905 g/mol. The largest absolute Gasteiger partial charge is 0.309 e. The zero-order valence-electron chi connectivity index (χ0n) is 39.8. The summed E-state index contributed by atoms with van der Waals surface area (Å²) in [6, 6.07) is 73.5. The summed E-state index contributed by atoms with van der Waals surface area (Å²) in [4.78, 5) is 27.4. The van der Waals surface area contributed by atoms with Crippen LogP contribution in [0.1, 0.15) is 0 Å². The molecule has 8 heteroatoms. The molecule has 8 nitrogen and oxygen atoms in total. The average molecular weight is 947 g/mol. The predicted molar refractivity (Wildman–Crippen MR) is 300 cm³/mol. The van der Waals surface area contributed by atoms with Crippen molar-refractivity contribution in [3.8, 4) is 89.8 Å². The van der Waals surface area contributed by atoms with Crippen LogP contribution in [0.4, 0.5) is 0 Å². The molecule has 8 heterocycles. The molecule has 74 heavy (non-hydrogen) atoms. The SMILES string of the molecule is c1ccc2c(c1)c1ccc(-c3ccc4c5ccccc5n(-c5ccc(-c6cc(-c7ccncc7)cc(-c7ccncc7)n6)cc5)c4c3)cc1n2-c1ccc(-c2cc(-c3ccncc3)cc(-c3ccncc3)n2)cc1. The molecular formula is C66H42N8. The first-order valence-electron chi connectivity index (χ1n) is 24.6. The second kappa shape index (κ2) is 17.9. The maximum atomic E-state index is 5.18. The molecule has 0 fully saturated rings. The van der Waals surface area contributed by atoms with Gasteiger partial charge in [-0.1, -0.05) is 84.9 Å². The summed E-state index contributed by atoms with van der Waals surface area (Å²) < 4.78 is 4.78. The number of rotatable bonds is 9. The molecule has 0 unspecified atom stereocenters. The molecule has 0 saturated carbocycles. The van der Waals surface area contributed by atoms with Crippen LogP contribution in [0.5, 0.6) is 0 Å². The van der Waals surface area contributed by atoms with Crippen LogP contribution in [0, 0.1) is 0 Å². The summed E-state index contributed by atoms with van der Waals surface area (Å²) in [5, 5.41) is 4.81. The molecule has 6 aromatic carbocycles. The number of nitrogens with zero attached hydrogens (tertiary/aromatic N) is 8. The predicted octanol–water partition coefficient (Wildman–Crippen LogP) is 15.9. The lowest BCUT2D eigenvalue weighted by atomic mass is 10.0. The molecule has 346 valence electrons. The van der Waals surface area contributed by atoms with Gasteiger partial charge in [-0.25, -0.2) is 9.97 Å². The normalized spacial score (nSPS) is 11.5. The van der Waals surface area contributed by atoms with Crippen LogP contribution in [-0.2, 0) is 0 Å². The van der Waals surface area contributed by atoms with E-state index in [1.54, 1.807) is 0 Å². The second-order valence-corrected chi connectivity index (χ2v) is 18.5. The molecule has 0 saturated heterocycles. The Labute approximate surface area is 426 Å². The van der Waals surface area contributed by atoms with Gasteiger partial charge < -0.3 is 9.13 Å². The van der Waals surface area contributed by atoms with Gasteiger partial charge in [0.25, 0.3) is 0 Å². The van der Waals surface area contributed by atoms with Crippen LogP contribution < -0.4 is 0 Å². The number of hydrogen-bond acceptors (Lipinski definition) is 6. The molecule has 8 aromatic heterocycles. The summed E-state index contributed by atoms with van der Waals surface area (Å²) >= 11 is 0. The number of fused-ring (bicyclic) bond motifs is 6. The summed E-state index contributed by atoms with van der Waals surface area (Å²) in [6.07, 6.45) is 14.6. The maximum Gasteiger partial charge on any atom is 0.0716 e. The van der Waals surface area contributed by atoms with Crippen LogP contribution in [0.25, 0.3) is 133 Å². The van der Waals surface area contributed by atoms with Crippen molar-refractivity contribution in [2.45, 2.75) is 0 Å². The summed E-state index contributed by atoms with van der Waals surface area (Å²) in [6.45, 7) is 0. The van der Waals surface area contributed by atoms with Crippen LogP contribution in [0.15, 0.2) is 256 Å². The van der Waals surface area contributed by atoms with Crippen molar-refractivity contribution in [1.29, 1.82) is 0 Å². The van der Waals surface area contributed by atoms with Crippen molar-refractivity contribution in [2.24, 2.45) is 0 Å². The highest BCUT2D eigenvalue weighted by molar-refractivity contribution is 6.12. The van der Waals surface area contributed by atoms with E-state index in [1.807, 2.05) is 98.1 Å². The third kappa shape index (κ3) is 7.57. The molecule has 14 aromatic rings. The van der Waals surface area contributed by atoms with Crippen molar-refractivity contribution in [1.82, 2.24) is 39.0 Å². The van der Waals surface area contributed by atoms with Gasteiger partial charge in [-0.15, -0.1) is 0 Å². The van der Waals surface area contributed by atoms with Crippen LogP contribution >= 0.6 is 0 Å². The van der Waals surface area contributed by atoms with Gasteiger partial charge in [-0.3, -0.25) is 19.9 Å². The standard InChI is InChI=1S/C66H42N8/c1-3-7-63-55(5-1)57-19-13-49(41-65(57)73(63)53-15-9-45(10-16-53)59-37-51(43-21-29-67-30-22-43)39-61(71-59)47-25-33-69-34-26-47)50-14-20-58-56-6-2-4-8-64(56)74(66(58)42-50)54-17-11-46(12-18-54)60-38-52(44-23-31-68-32-24-44)40-62(72-60)48-27-35-70-36-28-48/h1-42H. The molecule has 0 N–H and O–H groups in total. The van der Waals surface area contributed by atoms with E-state index in [-0.39, 0.29) is 0 Å². The van der Waals surface area contributed by atoms with Crippen molar-refractivity contribution in [3.63, 3.8) is 0 Å². The van der Waals surface area contributed by atoms with Gasteiger partial charge in [-0.2, -0.15) is 0 Å².